The Labute approximate surface area is 223 Å². The highest BCUT2D eigenvalue weighted by Gasteiger charge is 2.49. The van der Waals surface area contributed by atoms with Gasteiger partial charge < -0.3 is 23.7 Å². The minimum atomic E-state index is -1.62. The van der Waals surface area contributed by atoms with E-state index in [1.807, 2.05) is 30.3 Å². The number of hydrogen-bond acceptors (Lipinski definition) is 8. The van der Waals surface area contributed by atoms with E-state index in [4.69, 9.17) is 19.0 Å². The maximum Gasteiger partial charge on any atom is 0.344 e. The molecule has 0 bridgehead atoms. The van der Waals surface area contributed by atoms with Crippen molar-refractivity contribution in [2.45, 2.75) is 44.9 Å². The van der Waals surface area contributed by atoms with Crippen LogP contribution in [0.25, 0.3) is 22.3 Å². The Hall–Kier alpha value is -3.35. The molecule has 2 aromatic heterocycles. The number of carboxylic acid groups (broad SMARTS) is 2. The van der Waals surface area contributed by atoms with E-state index in [1.165, 1.54) is 10.8 Å². The van der Waals surface area contributed by atoms with E-state index < -0.39 is 33.7 Å². The predicted molar refractivity (Wildman–Crippen MR) is 144 cm³/mol. The summed E-state index contributed by atoms with van der Waals surface area (Å²) in [6, 6.07) is 11.5. The molecule has 1 aromatic carbocycles. The number of cyclic esters (lactones) is 1. The van der Waals surface area contributed by atoms with E-state index in [9.17, 15) is 24.3 Å². The van der Waals surface area contributed by atoms with Crippen molar-refractivity contribution in [3.63, 3.8) is 0 Å². The number of ether oxygens (including phenoxy) is 1. The molecule has 3 aromatic rings. The number of rotatable bonds is 10. The maximum atomic E-state index is 13.7. The SMILES string of the molecule is CCC1(O[SH](CCC(=O)O)SCCC(=O)O)C(=O)OCc2c1cc1n(c2=O)Cc2cc3ccccc3nc2-1. The van der Waals surface area contributed by atoms with Crippen LogP contribution in [0.2, 0.25) is 0 Å². The lowest BCUT2D eigenvalue weighted by atomic mass is 9.86. The fourth-order valence-electron chi connectivity index (χ4n) is 4.80. The summed E-state index contributed by atoms with van der Waals surface area (Å²) in [4.78, 5) is 54.1. The molecule has 4 heterocycles. The van der Waals surface area contributed by atoms with Crippen LogP contribution in [0.4, 0.5) is 0 Å². The molecule has 2 aliphatic rings. The molecule has 38 heavy (non-hydrogen) atoms. The maximum absolute atomic E-state index is 13.7. The molecule has 0 fully saturated rings. The molecule has 200 valence electrons. The first-order valence-corrected chi connectivity index (χ1v) is 15.1. The van der Waals surface area contributed by atoms with Crippen molar-refractivity contribution in [3.8, 4) is 11.4 Å². The molecule has 0 aliphatic carbocycles. The van der Waals surface area contributed by atoms with Gasteiger partial charge in [0.05, 0.1) is 41.9 Å². The van der Waals surface area contributed by atoms with Gasteiger partial charge in [0.15, 0.2) is 0 Å². The molecule has 0 radical (unpaired) electrons. The van der Waals surface area contributed by atoms with E-state index in [0.717, 1.165) is 16.5 Å². The largest absolute Gasteiger partial charge is 0.481 e. The second kappa shape index (κ2) is 10.4. The van der Waals surface area contributed by atoms with Gasteiger partial charge in [-0.3, -0.25) is 14.4 Å². The summed E-state index contributed by atoms with van der Waals surface area (Å²) < 4.78 is 13.5. The van der Waals surface area contributed by atoms with Gasteiger partial charge >= 0.3 is 17.9 Å². The molecule has 5 rings (SSSR count). The van der Waals surface area contributed by atoms with Crippen molar-refractivity contribution in [1.82, 2.24) is 9.55 Å². The van der Waals surface area contributed by atoms with Gasteiger partial charge in [0.25, 0.3) is 5.56 Å². The number of nitrogens with zero attached hydrogens (tertiary/aromatic N) is 2. The molecule has 2 unspecified atom stereocenters. The quantitative estimate of drug-likeness (QED) is 0.150. The van der Waals surface area contributed by atoms with Gasteiger partial charge in [-0.15, -0.1) is 0 Å². The average molecular weight is 559 g/mol. The van der Waals surface area contributed by atoms with E-state index in [2.05, 4.69) is 0 Å². The van der Waals surface area contributed by atoms with Gasteiger partial charge in [-0.25, -0.2) is 9.78 Å². The van der Waals surface area contributed by atoms with Gasteiger partial charge in [-0.1, -0.05) is 46.1 Å². The van der Waals surface area contributed by atoms with Gasteiger partial charge in [-0.2, -0.15) is 0 Å². The first-order chi connectivity index (χ1) is 18.2. The number of thiol groups is 1. The smallest absolute Gasteiger partial charge is 0.344 e. The number of benzene rings is 1. The van der Waals surface area contributed by atoms with E-state index >= 15 is 0 Å². The molecule has 0 saturated carbocycles. The second-order valence-electron chi connectivity index (χ2n) is 9.03. The van der Waals surface area contributed by atoms with Crippen molar-refractivity contribution in [2.75, 3.05) is 11.5 Å². The minimum Gasteiger partial charge on any atom is -0.481 e. The van der Waals surface area contributed by atoms with Crippen molar-refractivity contribution in [1.29, 1.82) is 0 Å². The van der Waals surface area contributed by atoms with Crippen LogP contribution in [-0.4, -0.2) is 49.2 Å². The first-order valence-electron chi connectivity index (χ1n) is 12.1. The Morgan fingerprint density at radius 3 is 2.68 bits per heavy atom. The summed E-state index contributed by atoms with van der Waals surface area (Å²) >= 11 is 0. The van der Waals surface area contributed by atoms with Crippen molar-refractivity contribution in [2.24, 2.45) is 0 Å². The number of aliphatic carboxylic acids is 2. The summed E-state index contributed by atoms with van der Waals surface area (Å²) in [7, 11) is -0.406. The molecular weight excluding hydrogens is 532 g/mol. The van der Waals surface area contributed by atoms with Crippen LogP contribution < -0.4 is 5.56 Å². The number of carbonyl (C=O) groups excluding carboxylic acids is 1. The summed E-state index contributed by atoms with van der Waals surface area (Å²) in [6.45, 7) is 1.90. The van der Waals surface area contributed by atoms with Gasteiger partial charge in [-0.05, 0) is 24.6 Å². The number of carboxylic acids is 2. The fourth-order valence-corrected chi connectivity index (χ4v) is 8.65. The molecule has 2 N–H and O–H groups in total. The van der Waals surface area contributed by atoms with Crippen LogP contribution in [-0.2, 0) is 42.1 Å². The summed E-state index contributed by atoms with van der Waals surface area (Å²) in [6.07, 6.45) is -0.193. The van der Waals surface area contributed by atoms with Crippen LogP contribution in [0.15, 0.2) is 41.2 Å². The molecule has 2 atom stereocenters. The molecular formula is C26H26N2O8S2. The Morgan fingerprint density at radius 1 is 1.18 bits per heavy atom. The van der Waals surface area contributed by atoms with Crippen molar-refractivity contribution < 1.29 is 33.5 Å². The highest BCUT2D eigenvalue weighted by molar-refractivity contribution is 8.83. The Morgan fingerprint density at radius 2 is 1.95 bits per heavy atom. The summed E-state index contributed by atoms with van der Waals surface area (Å²) in [5, 5.41) is 19.2. The number of carbonyl (C=O) groups is 3. The fraction of sp³-hybridized carbons (Fsp3) is 0.346. The zero-order chi connectivity index (χ0) is 27.0. The molecule has 0 spiro atoms. The lowest BCUT2D eigenvalue weighted by Crippen LogP contribution is -2.46. The van der Waals surface area contributed by atoms with E-state index in [-0.39, 0.29) is 42.9 Å². The third-order valence-corrected chi connectivity index (χ3v) is 10.7. The number of fused-ring (bicyclic) bond motifs is 5. The van der Waals surface area contributed by atoms with Crippen LogP contribution in [0, 0.1) is 0 Å². The van der Waals surface area contributed by atoms with Crippen LogP contribution in [0.1, 0.15) is 42.9 Å². The van der Waals surface area contributed by atoms with Gasteiger partial charge in [0.1, 0.15) is 6.61 Å². The second-order valence-corrected chi connectivity index (χ2v) is 13.0. The van der Waals surface area contributed by atoms with Crippen LogP contribution >= 0.6 is 21.0 Å². The monoisotopic (exact) mass is 558 g/mol. The minimum absolute atomic E-state index is 0.111. The van der Waals surface area contributed by atoms with Crippen LogP contribution in [0.5, 0.6) is 0 Å². The lowest BCUT2D eigenvalue weighted by molar-refractivity contribution is -0.167. The number of para-hydroxylation sites is 1. The first kappa shape index (κ1) is 26.3. The third-order valence-electron chi connectivity index (χ3n) is 6.70. The number of hydrogen-bond donors (Lipinski definition) is 3. The zero-order valence-corrected chi connectivity index (χ0v) is 22.2. The topological polar surface area (TPSA) is 145 Å². The highest BCUT2D eigenvalue weighted by Crippen LogP contribution is 2.52. The number of aromatic nitrogens is 2. The van der Waals surface area contributed by atoms with E-state index in [1.54, 1.807) is 17.6 Å². The molecule has 2 aliphatic heterocycles. The summed E-state index contributed by atoms with van der Waals surface area (Å²) in [5.41, 5.74) is 1.73. The van der Waals surface area contributed by atoms with Gasteiger partial charge in [0.2, 0.25) is 5.60 Å². The highest BCUT2D eigenvalue weighted by atomic mass is 33.1. The third kappa shape index (κ3) is 4.67. The Kier molecular flexibility index (Phi) is 7.21. The lowest BCUT2D eigenvalue weighted by Gasteiger charge is -2.39. The number of esters is 1. The van der Waals surface area contributed by atoms with Crippen molar-refractivity contribution in [3.05, 3.63) is 63.4 Å². The molecule has 0 saturated heterocycles. The average Bonchev–Trinajstić information content (AvgIpc) is 3.25. The Balaban J connectivity index is 1.59. The van der Waals surface area contributed by atoms with Crippen molar-refractivity contribution >= 4 is 49.8 Å². The predicted octanol–water partition coefficient (Wildman–Crippen LogP) is 3.62. The van der Waals surface area contributed by atoms with E-state index in [0.29, 0.717) is 29.1 Å². The standard InChI is InChI=1S/C26H26N2O8S2/c1-2-26(36-38(10-8-22(31)32)37-9-7-21(29)30)18-12-20-23-16(11-15-5-3-4-6-19(15)27-23)13-28(20)24(33)17(18)14-35-25(26)34/h3-6,11-12,38H,2,7-10,13-14H2,1H3,(H,29,30)(H,31,32). The molecule has 12 heteroatoms. The van der Waals surface area contributed by atoms with Crippen LogP contribution in [0.3, 0.4) is 0 Å². The normalized spacial score (nSPS) is 18.9. The summed E-state index contributed by atoms with van der Waals surface area (Å²) in [5.74, 6) is -2.36. The van der Waals surface area contributed by atoms with Gasteiger partial charge in [0, 0.05) is 28.0 Å². The number of pyridine rings is 2. The molecule has 0 amide bonds. The molecule has 10 nitrogen and oxygen atoms in total. The Bertz CT molecular complexity index is 1520. The zero-order valence-electron chi connectivity index (χ0n) is 20.5.